The Morgan fingerprint density at radius 3 is 2.85 bits per heavy atom. The van der Waals surface area contributed by atoms with Gasteiger partial charge in [0.15, 0.2) is 0 Å². The number of halogens is 1. The molecule has 2 amide bonds. The van der Waals surface area contributed by atoms with Crippen LogP contribution in [0, 0.1) is 5.92 Å². The van der Waals surface area contributed by atoms with Gasteiger partial charge in [-0.15, -0.1) is 11.3 Å². The zero-order valence-corrected chi connectivity index (χ0v) is 16.6. The van der Waals surface area contributed by atoms with Crippen molar-refractivity contribution in [1.29, 1.82) is 0 Å². The van der Waals surface area contributed by atoms with Gasteiger partial charge in [-0.2, -0.15) is 0 Å². The second-order valence-corrected chi connectivity index (χ2v) is 7.55. The fraction of sp³-hybridized carbons (Fsp3) is 0.421. The van der Waals surface area contributed by atoms with Crippen LogP contribution in [0.15, 0.2) is 29.6 Å². The number of nitrogens with zero attached hydrogens (tertiary/aromatic N) is 1. The van der Waals surface area contributed by atoms with Gasteiger partial charge < -0.3 is 10.6 Å². The number of nitrogens with one attached hydrogen (secondary N) is 2. The van der Waals surface area contributed by atoms with Gasteiger partial charge in [-0.3, -0.25) is 9.59 Å². The molecule has 0 spiro atoms. The summed E-state index contributed by atoms with van der Waals surface area (Å²) >= 11 is 7.32. The topological polar surface area (TPSA) is 71.1 Å². The highest BCUT2D eigenvalue weighted by atomic mass is 35.5. The molecule has 2 rings (SSSR count). The molecule has 26 heavy (non-hydrogen) atoms. The van der Waals surface area contributed by atoms with Crippen LogP contribution in [0.25, 0.3) is 0 Å². The summed E-state index contributed by atoms with van der Waals surface area (Å²) in [6, 6.07) is 7.57. The number of benzene rings is 1. The molecule has 1 aromatic carbocycles. The van der Waals surface area contributed by atoms with Gasteiger partial charge in [-0.05, 0) is 30.5 Å². The van der Waals surface area contributed by atoms with E-state index in [1.165, 1.54) is 11.3 Å². The van der Waals surface area contributed by atoms with Crippen LogP contribution in [0.2, 0.25) is 5.02 Å². The summed E-state index contributed by atoms with van der Waals surface area (Å²) in [4.78, 5) is 28.4. The minimum absolute atomic E-state index is 0.00535. The number of carbonyl (C=O) groups excluding carboxylic acids is 2. The van der Waals surface area contributed by atoms with E-state index in [4.69, 9.17) is 11.6 Å². The van der Waals surface area contributed by atoms with Gasteiger partial charge in [-0.25, -0.2) is 4.98 Å². The molecule has 0 fully saturated rings. The summed E-state index contributed by atoms with van der Waals surface area (Å²) in [5.74, 6) is -0.191. The Morgan fingerprint density at radius 1 is 1.31 bits per heavy atom. The van der Waals surface area contributed by atoms with E-state index >= 15 is 0 Å². The van der Waals surface area contributed by atoms with E-state index in [9.17, 15) is 9.59 Å². The Kier molecular flexibility index (Phi) is 8.06. The van der Waals surface area contributed by atoms with Gasteiger partial charge in [0, 0.05) is 22.9 Å². The molecule has 0 aliphatic carbocycles. The van der Waals surface area contributed by atoms with E-state index < -0.39 is 0 Å². The summed E-state index contributed by atoms with van der Waals surface area (Å²) < 4.78 is 0. The smallest absolute Gasteiger partial charge is 0.270 e. The molecule has 1 heterocycles. The maximum atomic E-state index is 12.2. The number of carbonyl (C=O) groups is 2. The number of amides is 2. The highest BCUT2D eigenvalue weighted by Crippen LogP contribution is 2.12. The van der Waals surface area contributed by atoms with Crippen molar-refractivity contribution in [2.75, 3.05) is 6.54 Å². The first kappa shape index (κ1) is 20.4. The monoisotopic (exact) mass is 393 g/mol. The summed E-state index contributed by atoms with van der Waals surface area (Å²) in [6.45, 7) is 4.84. The average Bonchev–Trinajstić information content (AvgIpc) is 3.09. The Labute approximate surface area is 163 Å². The lowest BCUT2D eigenvalue weighted by Crippen LogP contribution is -2.29. The van der Waals surface area contributed by atoms with E-state index in [0.717, 1.165) is 23.4 Å². The minimum atomic E-state index is -0.208. The van der Waals surface area contributed by atoms with Crippen molar-refractivity contribution in [1.82, 2.24) is 15.6 Å². The van der Waals surface area contributed by atoms with Crippen LogP contribution in [-0.2, 0) is 17.8 Å². The van der Waals surface area contributed by atoms with E-state index in [1.54, 1.807) is 5.38 Å². The molecule has 7 heteroatoms. The fourth-order valence-corrected chi connectivity index (χ4v) is 3.43. The third-order valence-corrected chi connectivity index (χ3v) is 5.04. The molecule has 140 valence electrons. The first-order valence-electron chi connectivity index (χ1n) is 8.74. The zero-order valence-electron chi connectivity index (χ0n) is 15.0. The van der Waals surface area contributed by atoms with Crippen LogP contribution in [0.5, 0.6) is 0 Å². The molecule has 2 aromatic rings. The van der Waals surface area contributed by atoms with Crippen molar-refractivity contribution in [2.24, 2.45) is 5.92 Å². The maximum Gasteiger partial charge on any atom is 0.270 e. The Hall–Kier alpha value is -1.92. The van der Waals surface area contributed by atoms with Crippen molar-refractivity contribution in [2.45, 2.75) is 39.7 Å². The lowest BCUT2D eigenvalue weighted by molar-refractivity contribution is -0.124. The Balaban J connectivity index is 1.77. The normalized spacial score (nSPS) is 11.8. The molecule has 0 saturated carbocycles. The largest absolute Gasteiger partial charge is 0.350 e. The molecule has 1 unspecified atom stereocenters. The molecule has 0 saturated heterocycles. The van der Waals surface area contributed by atoms with Gasteiger partial charge >= 0.3 is 0 Å². The van der Waals surface area contributed by atoms with Crippen molar-refractivity contribution in [3.8, 4) is 0 Å². The first-order valence-corrected chi connectivity index (χ1v) is 10.00. The third kappa shape index (κ3) is 6.42. The third-order valence-electron chi connectivity index (χ3n) is 3.96. The number of hydrogen-bond donors (Lipinski definition) is 2. The molecule has 0 aliphatic rings. The molecule has 1 atom stereocenters. The quantitative estimate of drug-likeness (QED) is 0.680. The van der Waals surface area contributed by atoms with E-state index in [1.807, 2.05) is 31.2 Å². The fourth-order valence-electron chi connectivity index (χ4n) is 2.50. The van der Waals surface area contributed by atoms with Crippen LogP contribution >= 0.6 is 22.9 Å². The van der Waals surface area contributed by atoms with Crippen molar-refractivity contribution < 1.29 is 9.59 Å². The van der Waals surface area contributed by atoms with Crippen molar-refractivity contribution in [3.05, 3.63) is 50.9 Å². The first-order chi connectivity index (χ1) is 12.5. The summed E-state index contributed by atoms with van der Waals surface area (Å²) in [7, 11) is 0. The lowest BCUT2D eigenvalue weighted by Gasteiger charge is -2.09. The van der Waals surface area contributed by atoms with Crippen LogP contribution in [0.3, 0.4) is 0 Å². The molecule has 0 radical (unpaired) electrons. The van der Waals surface area contributed by atoms with Crippen LogP contribution in [-0.4, -0.2) is 23.3 Å². The maximum absolute atomic E-state index is 12.2. The molecular weight excluding hydrogens is 370 g/mol. The van der Waals surface area contributed by atoms with Gasteiger partial charge in [-0.1, -0.05) is 44.0 Å². The molecule has 0 bridgehead atoms. The molecule has 2 N–H and O–H groups in total. The summed E-state index contributed by atoms with van der Waals surface area (Å²) in [5.41, 5.74) is 1.45. The Bertz CT molecular complexity index is 748. The van der Waals surface area contributed by atoms with Crippen LogP contribution in [0.1, 0.15) is 47.7 Å². The highest BCUT2D eigenvalue weighted by Gasteiger charge is 2.14. The molecule has 1 aromatic heterocycles. The highest BCUT2D eigenvalue weighted by molar-refractivity contribution is 7.09. The SMILES string of the molecule is CCCC(C)C(=O)NCc1nc(C(=O)NCCc2cccc(Cl)c2)cs1. The lowest BCUT2D eigenvalue weighted by atomic mass is 10.1. The molecule has 0 aliphatic heterocycles. The minimum Gasteiger partial charge on any atom is -0.350 e. The van der Waals surface area contributed by atoms with Gasteiger partial charge in [0.05, 0.1) is 6.54 Å². The summed E-state index contributed by atoms with van der Waals surface area (Å²) in [6.07, 6.45) is 2.55. The second-order valence-electron chi connectivity index (χ2n) is 6.17. The number of rotatable bonds is 9. The number of hydrogen-bond acceptors (Lipinski definition) is 4. The van der Waals surface area contributed by atoms with E-state index in [-0.39, 0.29) is 17.7 Å². The van der Waals surface area contributed by atoms with E-state index in [2.05, 4.69) is 22.5 Å². The second kappa shape index (κ2) is 10.3. The predicted molar refractivity (Wildman–Crippen MR) is 106 cm³/mol. The molecule has 5 nitrogen and oxygen atoms in total. The van der Waals surface area contributed by atoms with Gasteiger partial charge in [0.2, 0.25) is 5.91 Å². The molecular formula is C19H24ClN3O2S. The van der Waals surface area contributed by atoms with Crippen molar-refractivity contribution >= 4 is 34.8 Å². The van der Waals surface area contributed by atoms with Crippen molar-refractivity contribution in [3.63, 3.8) is 0 Å². The van der Waals surface area contributed by atoms with E-state index in [0.29, 0.717) is 30.2 Å². The average molecular weight is 394 g/mol. The van der Waals surface area contributed by atoms with Gasteiger partial charge in [0.25, 0.3) is 5.91 Å². The van der Waals surface area contributed by atoms with Crippen LogP contribution in [0.4, 0.5) is 0 Å². The standard InChI is InChI=1S/C19H24ClN3O2S/c1-3-5-13(2)18(24)22-11-17-23-16(12-26-17)19(25)21-9-8-14-6-4-7-15(20)10-14/h4,6-7,10,12-13H,3,5,8-9,11H2,1-2H3,(H,21,25)(H,22,24). The van der Waals surface area contributed by atoms with Crippen LogP contribution < -0.4 is 10.6 Å². The Morgan fingerprint density at radius 2 is 2.12 bits per heavy atom. The predicted octanol–water partition coefficient (Wildman–Crippen LogP) is 3.82. The van der Waals surface area contributed by atoms with Gasteiger partial charge in [0.1, 0.15) is 10.7 Å². The number of thiazole rings is 1. The summed E-state index contributed by atoms with van der Waals surface area (Å²) in [5, 5.41) is 8.85. The zero-order chi connectivity index (χ0) is 18.9. The number of aromatic nitrogens is 1.